The van der Waals surface area contributed by atoms with Crippen molar-refractivity contribution in [1.29, 1.82) is 0 Å². The third-order valence-electron chi connectivity index (χ3n) is 3.07. The molecule has 0 bridgehead atoms. The summed E-state index contributed by atoms with van der Waals surface area (Å²) in [5.41, 5.74) is -0.562. The van der Waals surface area contributed by atoms with Gasteiger partial charge in [0.1, 0.15) is 12.7 Å². The van der Waals surface area contributed by atoms with Crippen molar-refractivity contribution < 1.29 is 5.11 Å². The van der Waals surface area contributed by atoms with Gasteiger partial charge in [0.2, 0.25) is 0 Å². The van der Waals surface area contributed by atoms with E-state index in [1.807, 2.05) is 0 Å². The quantitative estimate of drug-likeness (QED) is 0.735. The van der Waals surface area contributed by atoms with Gasteiger partial charge in [0.25, 0.3) is 0 Å². The molecule has 1 aliphatic rings. The van der Waals surface area contributed by atoms with Gasteiger partial charge in [0.15, 0.2) is 0 Å². The second-order valence-electron chi connectivity index (χ2n) is 3.99. The van der Waals surface area contributed by atoms with Gasteiger partial charge in [0.05, 0.1) is 12.1 Å². The van der Waals surface area contributed by atoms with Gasteiger partial charge in [-0.25, -0.2) is 4.98 Å². The van der Waals surface area contributed by atoms with Gasteiger partial charge in [-0.05, 0) is 18.8 Å². The minimum atomic E-state index is -0.562. The Morgan fingerprint density at radius 1 is 1.69 bits per heavy atom. The molecule has 1 N–H and O–H groups in total. The Hall–Kier alpha value is -0.900. The number of aromatic nitrogens is 3. The lowest BCUT2D eigenvalue weighted by molar-refractivity contribution is -0.0101. The Kier molecular flexibility index (Phi) is 2.07. The Bertz CT molecular complexity index is 272. The van der Waals surface area contributed by atoms with Crippen molar-refractivity contribution in [3.63, 3.8) is 0 Å². The van der Waals surface area contributed by atoms with Crippen LogP contribution in [0.25, 0.3) is 0 Å². The van der Waals surface area contributed by atoms with E-state index in [-0.39, 0.29) is 0 Å². The third kappa shape index (κ3) is 1.58. The fourth-order valence-electron chi connectivity index (χ4n) is 2.06. The summed E-state index contributed by atoms with van der Waals surface area (Å²) in [5.74, 6) is 0.372. The average Bonchev–Trinajstić information content (AvgIpc) is 2.65. The molecule has 1 aromatic heterocycles. The van der Waals surface area contributed by atoms with E-state index in [0.29, 0.717) is 12.5 Å². The maximum absolute atomic E-state index is 10.2. The first-order valence-corrected chi connectivity index (χ1v) is 4.75. The maximum Gasteiger partial charge on any atom is 0.137 e. The highest BCUT2D eigenvalue weighted by Gasteiger charge is 2.38. The predicted molar refractivity (Wildman–Crippen MR) is 48.0 cm³/mol. The molecule has 0 amide bonds. The Balaban J connectivity index is 2.08. The molecule has 2 atom stereocenters. The lowest BCUT2D eigenvalue weighted by Gasteiger charge is -2.27. The fraction of sp³-hybridized carbons (Fsp3) is 0.778. The minimum Gasteiger partial charge on any atom is -0.388 e. The average molecular weight is 181 g/mol. The monoisotopic (exact) mass is 181 g/mol. The van der Waals surface area contributed by atoms with Crippen molar-refractivity contribution in [3.05, 3.63) is 12.7 Å². The Morgan fingerprint density at radius 2 is 2.54 bits per heavy atom. The van der Waals surface area contributed by atoms with Crippen molar-refractivity contribution >= 4 is 0 Å². The Labute approximate surface area is 77.6 Å². The van der Waals surface area contributed by atoms with E-state index in [1.54, 1.807) is 11.0 Å². The SMILES string of the molecule is CC1CCCC1(O)Cn1cncn1. The van der Waals surface area contributed by atoms with E-state index < -0.39 is 5.60 Å². The van der Waals surface area contributed by atoms with Crippen LogP contribution in [0.5, 0.6) is 0 Å². The minimum absolute atomic E-state index is 0.372. The molecule has 4 heteroatoms. The standard InChI is InChI=1S/C9H15N3O/c1-8-3-2-4-9(8,13)5-12-7-10-6-11-12/h6-8,13H,2-5H2,1H3. The molecule has 2 rings (SSSR count). The normalized spacial score (nSPS) is 33.8. The lowest BCUT2D eigenvalue weighted by Crippen LogP contribution is -2.36. The van der Waals surface area contributed by atoms with Crippen LogP contribution in [0.3, 0.4) is 0 Å². The van der Waals surface area contributed by atoms with Crippen molar-refractivity contribution in [2.45, 2.75) is 38.3 Å². The summed E-state index contributed by atoms with van der Waals surface area (Å²) in [6, 6.07) is 0. The van der Waals surface area contributed by atoms with Gasteiger partial charge >= 0.3 is 0 Å². The van der Waals surface area contributed by atoms with Crippen molar-refractivity contribution in [1.82, 2.24) is 14.8 Å². The summed E-state index contributed by atoms with van der Waals surface area (Å²) in [7, 11) is 0. The van der Waals surface area contributed by atoms with Crippen LogP contribution in [-0.2, 0) is 6.54 Å². The summed E-state index contributed by atoms with van der Waals surface area (Å²) >= 11 is 0. The predicted octanol–water partition coefficient (Wildman–Crippen LogP) is 0.829. The summed E-state index contributed by atoms with van der Waals surface area (Å²) < 4.78 is 1.71. The first-order chi connectivity index (χ1) is 6.21. The van der Waals surface area contributed by atoms with E-state index in [0.717, 1.165) is 19.3 Å². The number of hydrogen-bond acceptors (Lipinski definition) is 3. The van der Waals surface area contributed by atoms with E-state index in [4.69, 9.17) is 0 Å². The van der Waals surface area contributed by atoms with Gasteiger partial charge in [-0.15, -0.1) is 0 Å². The summed E-state index contributed by atoms with van der Waals surface area (Å²) in [5, 5.41) is 14.2. The molecule has 0 saturated heterocycles. The van der Waals surface area contributed by atoms with Crippen LogP contribution < -0.4 is 0 Å². The highest BCUT2D eigenvalue weighted by Crippen LogP contribution is 2.36. The van der Waals surface area contributed by atoms with Gasteiger partial charge in [-0.1, -0.05) is 13.3 Å². The van der Waals surface area contributed by atoms with E-state index in [2.05, 4.69) is 17.0 Å². The highest BCUT2D eigenvalue weighted by atomic mass is 16.3. The van der Waals surface area contributed by atoms with Gasteiger partial charge in [0, 0.05) is 0 Å². The molecule has 1 saturated carbocycles. The van der Waals surface area contributed by atoms with Crippen molar-refractivity contribution in [2.75, 3.05) is 0 Å². The van der Waals surface area contributed by atoms with Gasteiger partial charge < -0.3 is 5.11 Å². The molecule has 1 heterocycles. The fourth-order valence-corrected chi connectivity index (χ4v) is 2.06. The second kappa shape index (κ2) is 3.10. The number of hydrogen-bond donors (Lipinski definition) is 1. The van der Waals surface area contributed by atoms with Crippen LogP contribution in [0.1, 0.15) is 26.2 Å². The molecule has 0 aliphatic heterocycles. The van der Waals surface area contributed by atoms with E-state index in [1.165, 1.54) is 6.33 Å². The molecule has 0 aromatic carbocycles. The van der Waals surface area contributed by atoms with Crippen LogP contribution in [0.4, 0.5) is 0 Å². The van der Waals surface area contributed by atoms with Gasteiger partial charge in [-0.2, -0.15) is 5.10 Å². The van der Waals surface area contributed by atoms with Crippen LogP contribution in [0, 0.1) is 5.92 Å². The molecule has 4 nitrogen and oxygen atoms in total. The zero-order chi connectivity index (χ0) is 9.31. The molecule has 1 fully saturated rings. The zero-order valence-electron chi connectivity index (χ0n) is 7.85. The maximum atomic E-state index is 10.2. The summed E-state index contributed by atoms with van der Waals surface area (Å²) in [4.78, 5) is 3.86. The second-order valence-corrected chi connectivity index (χ2v) is 3.99. The topological polar surface area (TPSA) is 50.9 Å². The molecule has 1 aromatic rings. The molecule has 0 spiro atoms. The smallest absolute Gasteiger partial charge is 0.137 e. The van der Waals surface area contributed by atoms with E-state index in [9.17, 15) is 5.11 Å². The number of nitrogens with zero attached hydrogens (tertiary/aromatic N) is 3. The van der Waals surface area contributed by atoms with Crippen LogP contribution >= 0.6 is 0 Å². The van der Waals surface area contributed by atoms with Crippen LogP contribution in [0.2, 0.25) is 0 Å². The molecule has 13 heavy (non-hydrogen) atoms. The lowest BCUT2D eigenvalue weighted by atomic mass is 9.93. The first-order valence-electron chi connectivity index (χ1n) is 4.75. The first kappa shape index (κ1) is 8.69. The van der Waals surface area contributed by atoms with Gasteiger partial charge in [-0.3, -0.25) is 4.68 Å². The molecule has 72 valence electrons. The van der Waals surface area contributed by atoms with Crippen LogP contribution in [0.15, 0.2) is 12.7 Å². The Morgan fingerprint density at radius 3 is 3.08 bits per heavy atom. The molecule has 1 aliphatic carbocycles. The summed E-state index contributed by atoms with van der Waals surface area (Å²) in [6.07, 6.45) is 6.28. The third-order valence-corrected chi connectivity index (χ3v) is 3.07. The highest BCUT2D eigenvalue weighted by molar-refractivity contribution is 4.89. The number of rotatable bonds is 2. The summed E-state index contributed by atoms with van der Waals surface area (Å²) in [6.45, 7) is 2.68. The van der Waals surface area contributed by atoms with Crippen molar-refractivity contribution in [3.8, 4) is 0 Å². The van der Waals surface area contributed by atoms with E-state index >= 15 is 0 Å². The zero-order valence-corrected chi connectivity index (χ0v) is 7.85. The molecular weight excluding hydrogens is 166 g/mol. The number of aliphatic hydroxyl groups is 1. The molecule has 0 radical (unpaired) electrons. The molecular formula is C9H15N3O. The van der Waals surface area contributed by atoms with Crippen LogP contribution in [-0.4, -0.2) is 25.5 Å². The van der Waals surface area contributed by atoms with Crippen molar-refractivity contribution in [2.24, 2.45) is 5.92 Å². The molecule has 2 unspecified atom stereocenters. The largest absolute Gasteiger partial charge is 0.388 e.